The Kier molecular flexibility index (Phi) is 3.20. The van der Waals surface area contributed by atoms with E-state index in [4.69, 9.17) is 22.1 Å². The minimum atomic E-state index is -0.433. The van der Waals surface area contributed by atoms with E-state index in [9.17, 15) is 4.39 Å². The first kappa shape index (κ1) is 11.7. The minimum absolute atomic E-state index is 0.0943. The lowest BCUT2D eigenvalue weighted by atomic mass is 10.0. The molecule has 0 amide bonds. The maximum Gasteiger partial charge on any atom is 0.141 e. The molecule has 0 heterocycles. The molecule has 0 aliphatic heterocycles. The van der Waals surface area contributed by atoms with Crippen molar-refractivity contribution in [3.8, 4) is 16.9 Å². The van der Waals surface area contributed by atoms with Crippen molar-refractivity contribution in [2.75, 3.05) is 12.8 Å². The Balaban J connectivity index is 2.46. The van der Waals surface area contributed by atoms with Crippen molar-refractivity contribution in [3.63, 3.8) is 0 Å². The van der Waals surface area contributed by atoms with Crippen molar-refractivity contribution < 1.29 is 9.13 Å². The number of rotatable bonds is 2. The number of anilines is 1. The summed E-state index contributed by atoms with van der Waals surface area (Å²) >= 11 is 5.73. The third-order valence-corrected chi connectivity index (χ3v) is 2.77. The van der Waals surface area contributed by atoms with Crippen LogP contribution in [0.3, 0.4) is 0 Å². The smallest absolute Gasteiger partial charge is 0.141 e. The molecule has 0 spiro atoms. The van der Waals surface area contributed by atoms with Crippen LogP contribution in [0.1, 0.15) is 0 Å². The van der Waals surface area contributed by atoms with Crippen LogP contribution in [0, 0.1) is 5.82 Å². The van der Waals surface area contributed by atoms with E-state index in [2.05, 4.69) is 0 Å². The van der Waals surface area contributed by atoms with Gasteiger partial charge in [0.2, 0.25) is 0 Å². The second kappa shape index (κ2) is 4.63. The molecule has 0 fully saturated rings. The molecule has 0 aliphatic rings. The Morgan fingerprint density at radius 1 is 1.12 bits per heavy atom. The molecule has 0 unspecified atom stereocenters. The van der Waals surface area contributed by atoms with E-state index in [1.165, 1.54) is 6.07 Å². The molecule has 2 aromatic rings. The molecule has 0 aromatic heterocycles. The summed E-state index contributed by atoms with van der Waals surface area (Å²) < 4.78 is 18.1. The standard InChI is InChI=1S/C13H11ClFNO/c1-17-13-5-3-9(7-12(13)16)8-2-4-11(15)10(14)6-8/h2-7H,16H2,1H3. The summed E-state index contributed by atoms with van der Waals surface area (Å²) in [4.78, 5) is 0. The van der Waals surface area contributed by atoms with Gasteiger partial charge in [0.05, 0.1) is 17.8 Å². The summed E-state index contributed by atoms with van der Waals surface area (Å²) in [6.45, 7) is 0. The van der Waals surface area contributed by atoms with Gasteiger partial charge in [0.1, 0.15) is 11.6 Å². The van der Waals surface area contributed by atoms with E-state index in [0.717, 1.165) is 11.1 Å². The molecule has 2 nitrogen and oxygen atoms in total. The van der Waals surface area contributed by atoms with Gasteiger partial charge in [0.15, 0.2) is 0 Å². The fourth-order valence-electron chi connectivity index (χ4n) is 1.59. The Labute approximate surface area is 104 Å². The highest BCUT2D eigenvalue weighted by Gasteiger charge is 2.05. The SMILES string of the molecule is COc1ccc(-c2ccc(F)c(Cl)c2)cc1N. The molecule has 2 aromatic carbocycles. The molecule has 0 saturated heterocycles. The Bertz CT molecular complexity index is 557. The molecule has 2 rings (SSSR count). The number of nitrogens with two attached hydrogens (primary N) is 1. The molecule has 0 atom stereocenters. The highest BCUT2D eigenvalue weighted by atomic mass is 35.5. The van der Waals surface area contributed by atoms with Crippen LogP contribution < -0.4 is 10.5 Å². The third kappa shape index (κ3) is 2.34. The van der Waals surface area contributed by atoms with Crippen LogP contribution in [0.4, 0.5) is 10.1 Å². The lowest BCUT2D eigenvalue weighted by Gasteiger charge is -2.07. The number of hydrogen-bond donors (Lipinski definition) is 1. The van der Waals surface area contributed by atoms with Crippen molar-refractivity contribution in [2.24, 2.45) is 0 Å². The van der Waals surface area contributed by atoms with Gasteiger partial charge in [-0.1, -0.05) is 23.7 Å². The molecule has 4 heteroatoms. The largest absolute Gasteiger partial charge is 0.495 e. The van der Waals surface area contributed by atoms with Crippen LogP contribution in [-0.4, -0.2) is 7.11 Å². The summed E-state index contributed by atoms with van der Waals surface area (Å²) in [7, 11) is 1.56. The summed E-state index contributed by atoms with van der Waals surface area (Å²) in [5, 5.41) is 0.0943. The monoisotopic (exact) mass is 251 g/mol. The second-order valence-electron chi connectivity index (χ2n) is 3.59. The van der Waals surface area contributed by atoms with Gasteiger partial charge < -0.3 is 10.5 Å². The number of ether oxygens (including phenoxy) is 1. The average molecular weight is 252 g/mol. The molecular formula is C13H11ClFNO. The van der Waals surface area contributed by atoms with Crippen molar-refractivity contribution in [2.45, 2.75) is 0 Å². The summed E-state index contributed by atoms with van der Waals surface area (Å²) in [5.41, 5.74) is 8.01. The topological polar surface area (TPSA) is 35.2 Å². The van der Waals surface area contributed by atoms with Gasteiger partial charge in [-0.2, -0.15) is 0 Å². The molecule has 0 aliphatic carbocycles. The highest BCUT2D eigenvalue weighted by molar-refractivity contribution is 6.31. The van der Waals surface area contributed by atoms with Crippen LogP contribution in [0.15, 0.2) is 36.4 Å². The first-order chi connectivity index (χ1) is 8.11. The van der Waals surface area contributed by atoms with Gasteiger partial charge >= 0.3 is 0 Å². The molecule has 17 heavy (non-hydrogen) atoms. The number of hydrogen-bond acceptors (Lipinski definition) is 2. The third-order valence-electron chi connectivity index (χ3n) is 2.48. The van der Waals surface area contributed by atoms with E-state index in [1.54, 1.807) is 31.4 Å². The predicted molar refractivity (Wildman–Crippen MR) is 67.8 cm³/mol. The van der Waals surface area contributed by atoms with E-state index in [1.807, 2.05) is 6.07 Å². The lowest BCUT2D eigenvalue weighted by molar-refractivity contribution is 0.417. The normalized spacial score (nSPS) is 10.3. The van der Waals surface area contributed by atoms with Gasteiger partial charge in [0.25, 0.3) is 0 Å². The van der Waals surface area contributed by atoms with Gasteiger partial charge in [0, 0.05) is 0 Å². The molecule has 0 saturated carbocycles. The van der Waals surface area contributed by atoms with Crippen molar-refractivity contribution >= 4 is 17.3 Å². The average Bonchev–Trinajstić information content (AvgIpc) is 2.32. The number of halogens is 2. The van der Waals surface area contributed by atoms with Crippen LogP contribution >= 0.6 is 11.6 Å². The zero-order valence-corrected chi connectivity index (χ0v) is 9.96. The zero-order chi connectivity index (χ0) is 12.4. The lowest BCUT2D eigenvalue weighted by Crippen LogP contribution is -1.92. The zero-order valence-electron chi connectivity index (χ0n) is 9.21. The maximum atomic E-state index is 13.0. The van der Waals surface area contributed by atoms with E-state index in [0.29, 0.717) is 11.4 Å². The minimum Gasteiger partial charge on any atom is -0.495 e. The van der Waals surface area contributed by atoms with Gasteiger partial charge in [-0.25, -0.2) is 4.39 Å². The highest BCUT2D eigenvalue weighted by Crippen LogP contribution is 2.30. The van der Waals surface area contributed by atoms with Crippen LogP contribution in [0.2, 0.25) is 5.02 Å². The second-order valence-corrected chi connectivity index (χ2v) is 3.99. The fourth-order valence-corrected chi connectivity index (χ4v) is 1.77. The molecule has 88 valence electrons. The number of benzene rings is 2. The molecular weight excluding hydrogens is 241 g/mol. The van der Waals surface area contributed by atoms with Crippen molar-refractivity contribution in [1.82, 2.24) is 0 Å². The summed E-state index contributed by atoms with van der Waals surface area (Å²) in [6.07, 6.45) is 0. The van der Waals surface area contributed by atoms with Crippen LogP contribution in [-0.2, 0) is 0 Å². The van der Waals surface area contributed by atoms with E-state index < -0.39 is 5.82 Å². The van der Waals surface area contributed by atoms with Gasteiger partial charge in [-0.05, 0) is 35.4 Å². The van der Waals surface area contributed by atoms with Crippen molar-refractivity contribution in [1.29, 1.82) is 0 Å². The predicted octanol–water partition coefficient (Wildman–Crippen LogP) is 3.74. The first-order valence-electron chi connectivity index (χ1n) is 5.01. The molecule has 0 radical (unpaired) electrons. The van der Waals surface area contributed by atoms with Gasteiger partial charge in [-0.3, -0.25) is 0 Å². The Hall–Kier alpha value is -1.74. The van der Waals surface area contributed by atoms with Crippen LogP contribution in [0.5, 0.6) is 5.75 Å². The molecule has 0 bridgehead atoms. The first-order valence-corrected chi connectivity index (χ1v) is 5.38. The quantitative estimate of drug-likeness (QED) is 0.826. The summed E-state index contributed by atoms with van der Waals surface area (Å²) in [5.74, 6) is 0.179. The Morgan fingerprint density at radius 2 is 1.76 bits per heavy atom. The molecule has 2 N–H and O–H groups in total. The van der Waals surface area contributed by atoms with E-state index in [-0.39, 0.29) is 5.02 Å². The van der Waals surface area contributed by atoms with Crippen LogP contribution in [0.25, 0.3) is 11.1 Å². The number of methoxy groups -OCH3 is 1. The van der Waals surface area contributed by atoms with Crippen molar-refractivity contribution in [3.05, 3.63) is 47.2 Å². The Morgan fingerprint density at radius 3 is 2.35 bits per heavy atom. The fraction of sp³-hybridized carbons (Fsp3) is 0.0769. The number of nitrogen functional groups attached to an aromatic ring is 1. The maximum absolute atomic E-state index is 13.0. The van der Waals surface area contributed by atoms with E-state index >= 15 is 0 Å². The summed E-state index contributed by atoms with van der Waals surface area (Å²) in [6, 6.07) is 9.93. The van der Waals surface area contributed by atoms with Gasteiger partial charge in [-0.15, -0.1) is 0 Å².